The molecule has 0 atom stereocenters. The Hall–Kier alpha value is -0.120. The summed E-state index contributed by atoms with van der Waals surface area (Å²) in [6, 6.07) is 0. The summed E-state index contributed by atoms with van der Waals surface area (Å²) in [6.45, 7) is 7.86. The Labute approximate surface area is 87.4 Å². The third-order valence-corrected chi connectivity index (χ3v) is 2.91. The highest BCUT2D eigenvalue weighted by molar-refractivity contribution is 4.79. The van der Waals surface area contributed by atoms with Crippen LogP contribution in [0.25, 0.3) is 0 Å². The lowest BCUT2D eigenvalue weighted by atomic mass is 9.84. The summed E-state index contributed by atoms with van der Waals surface area (Å²) >= 11 is 0. The van der Waals surface area contributed by atoms with E-state index >= 15 is 0 Å². The lowest BCUT2D eigenvalue weighted by Gasteiger charge is -2.39. The van der Waals surface area contributed by atoms with Crippen LogP contribution in [0.1, 0.15) is 26.7 Å². The zero-order valence-electron chi connectivity index (χ0n) is 9.88. The van der Waals surface area contributed by atoms with Crippen LogP contribution >= 0.6 is 0 Å². The average molecular weight is 201 g/mol. The zero-order chi connectivity index (χ0) is 10.6. The van der Waals surface area contributed by atoms with E-state index in [2.05, 4.69) is 18.7 Å². The van der Waals surface area contributed by atoms with Gasteiger partial charge in [-0.15, -0.1) is 0 Å². The van der Waals surface area contributed by atoms with Crippen molar-refractivity contribution in [2.45, 2.75) is 33.0 Å². The van der Waals surface area contributed by atoms with Gasteiger partial charge in [0.2, 0.25) is 0 Å². The molecule has 1 rings (SSSR count). The number of ether oxygens (including phenoxy) is 2. The Morgan fingerprint density at radius 1 is 1.29 bits per heavy atom. The van der Waals surface area contributed by atoms with Crippen molar-refractivity contribution in [2.24, 2.45) is 5.41 Å². The molecule has 0 saturated carbocycles. The van der Waals surface area contributed by atoms with Crippen molar-refractivity contribution < 1.29 is 9.47 Å². The van der Waals surface area contributed by atoms with E-state index in [1.165, 1.54) is 19.4 Å². The molecule has 0 aromatic rings. The van der Waals surface area contributed by atoms with Crippen LogP contribution in [0.3, 0.4) is 0 Å². The van der Waals surface area contributed by atoms with E-state index in [1.807, 2.05) is 0 Å². The molecule has 0 aliphatic carbocycles. The predicted octanol–water partition coefficient (Wildman–Crippen LogP) is 1.73. The van der Waals surface area contributed by atoms with Crippen molar-refractivity contribution in [2.75, 3.05) is 33.9 Å². The van der Waals surface area contributed by atoms with Gasteiger partial charge < -0.3 is 9.47 Å². The molecule has 0 amide bonds. The Bertz CT molecular complexity index is 167. The van der Waals surface area contributed by atoms with Crippen LogP contribution in [-0.2, 0) is 9.47 Å². The number of likely N-dealkylation sites (tertiary alicyclic amines) is 1. The Morgan fingerprint density at radius 3 is 2.43 bits per heavy atom. The zero-order valence-corrected chi connectivity index (χ0v) is 9.88. The van der Waals surface area contributed by atoms with E-state index in [4.69, 9.17) is 9.47 Å². The molecule has 0 aromatic heterocycles. The molecule has 14 heavy (non-hydrogen) atoms. The molecule has 1 heterocycles. The molecule has 0 N–H and O–H groups in total. The van der Waals surface area contributed by atoms with Crippen molar-refractivity contribution in [1.29, 1.82) is 0 Å². The molecule has 0 aromatic carbocycles. The maximum atomic E-state index is 5.21. The smallest absolute Gasteiger partial charge is 0.169 e. The minimum atomic E-state index is -0.0797. The van der Waals surface area contributed by atoms with Crippen LogP contribution in [0, 0.1) is 5.41 Å². The van der Waals surface area contributed by atoms with Crippen molar-refractivity contribution in [3.05, 3.63) is 0 Å². The summed E-state index contributed by atoms with van der Waals surface area (Å²) in [6.07, 6.45) is 2.53. The van der Waals surface area contributed by atoms with Gasteiger partial charge in [0, 0.05) is 27.3 Å². The number of piperidine rings is 1. The fraction of sp³-hybridized carbons (Fsp3) is 1.00. The van der Waals surface area contributed by atoms with Gasteiger partial charge in [0.15, 0.2) is 6.29 Å². The summed E-state index contributed by atoms with van der Waals surface area (Å²) in [4.78, 5) is 2.43. The molecular formula is C11H23NO2. The lowest BCUT2D eigenvalue weighted by Crippen LogP contribution is -2.44. The standard InChI is InChI=1S/C11H23NO2/c1-11(2)6-5-7-12(9-11)8-10(13-3)14-4/h10H,5-9H2,1-4H3. The first-order valence-electron chi connectivity index (χ1n) is 5.35. The average Bonchev–Trinajstić information content (AvgIpc) is 2.12. The Balaban J connectivity index is 2.37. The fourth-order valence-corrected chi connectivity index (χ4v) is 2.16. The monoisotopic (exact) mass is 201 g/mol. The van der Waals surface area contributed by atoms with Gasteiger partial charge >= 0.3 is 0 Å². The highest BCUT2D eigenvalue weighted by atomic mass is 16.7. The van der Waals surface area contributed by atoms with Crippen LogP contribution in [0.5, 0.6) is 0 Å². The van der Waals surface area contributed by atoms with E-state index in [1.54, 1.807) is 14.2 Å². The van der Waals surface area contributed by atoms with Crippen molar-refractivity contribution in [3.63, 3.8) is 0 Å². The van der Waals surface area contributed by atoms with Gasteiger partial charge in [-0.05, 0) is 24.8 Å². The predicted molar refractivity (Wildman–Crippen MR) is 57.3 cm³/mol. The lowest BCUT2D eigenvalue weighted by molar-refractivity contribution is -0.121. The molecule has 84 valence electrons. The summed E-state index contributed by atoms with van der Waals surface area (Å²) in [5.41, 5.74) is 0.449. The number of hydrogen-bond acceptors (Lipinski definition) is 3. The first kappa shape index (κ1) is 12.0. The summed E-state index contributed by atoms with van der Waals surface area (Å²) in [5, 5.41) is 0. The highest BCUT2D eigenvalue weighted by Gasteiger charge is 2.27. The van der Waals surface area contributed by atoms with Crippen molar-refractivity contribution in [1.82, 2.24) is 4.90 Å². The number of nitrogens with zero attached hydrogens (tertiary/aromatic N) is 1. The molecule has 0 radical (unpaired) electrons. The van der Waals surface area contributed by atoms with Gasteiger partial charge in [0.05, 0.1) is 0 Å². The number of methoxy groups -OCH3 is 2. The largest absolute Gasteiger partial charge is 0.355 e. The first-order valence-corrected chi connectivity index (χ1v) is 5.35. The van der Waals surface area contributed by atoms with E-state index < -0.39 is 0 Å². The van der Waals surface area contributed by atoms with Crippen molar-refractivity contribution >= 4 is 0 Å². The van der Waals surface area contributed by atoms with Gasteiger partial charge in [-0.2, -0.15) is 0 Å². The van der Waals surface area contributed by atoms with Gasteiger partial charge in [0.1, 0.15) is 0 Å². The summed E-state index contributed by atoms with van der Waals surface area (Å²) in [5.74, 6) is 0. The number of rotatable bonds is 4. The second-order valence-corrected chi connectivity index (χ2v) is 4.90. The van der Waals surface area contributed by atoms with Crippen molar-refractivity contribution in [3.8, 4) is 0 Å². The SMILES string of the molecule is COC(CN1CCCC(C)(C)C1)OC. The molecule has 1 aliphatic heterocycles. The van der Waals surface area contributed by atoms with Gasteiger partial charge in [0.25, 0.3) is 0 Å². The van der Waals surface area contributed by atoms with Gasteiger partial charge in [-0.1, -0.05) is 13.8 Å². The number of hydrogen-bond donors (Lipinski definition) is 0. The quantitative estimate of drug-likeness (QED) is 0.647. The molecule has 0 unspecified atom stereocenters. The van der Waals surface area contributed by atoms with Gasteiger partial charge in [-0.25, -0.2) is 0 Å². The normalized spacial score (nSPS) is 22.9. The molecule has 0 bridgehead atoms. The van der Waals surface area contributed by atoms with Crippen LogP contribution in [-0.4, -0.2) is 45.0 Å². The van der Waals surface area contributed by atoms with E-state index in [9.17, 15) is 0 Å². The summed E-state index contributed by atoms with van der Waals surface area (Å²) in [7, 11) is 3.40. The van der Waals surface area contributed by atoms with Crippen LogP contribution in [0.15, 0.2) is 0 Å². The molecule has 0 spiro atoms. The van der Waals surface area contributed by atoms with Crippen LogP contribution in [0.4, 0.5) is 0 Å². The van der Waals surface area contributed by atoms with E-state index in [0.29, 0.717) is 5.41 Å². The van der Waals surface area contributed by atoms with E-state index in [-0.39, 0.29) is 6.29 Å². The maximum Gasteiger partial charge on any atom is 0.169 e. The molecule has 1 saturated heterocycles. The first-order chi connectivity index (χ1) is 6.57. The fourth-order valence-electron chi connectivity index (χ4n) is 2.16. The topological polar surface area (TPSA) is 21.7 Å². The molecule has 3 nitrogen and oxygen atoms in total. The highest BCUT2D eigenvalue weighted by Crippen LogP contribution is 2.28. The Morgan fingerprint density at radius 2 is 1.93 bits per heavy atom. The van der Waals surface area contributed by atoms with E-state index in [0.717, 1.165) is 13.1 Å². The molecule has 1 aliphatic rings. The minimum Gasteiger partial charge on any atom is -0.355 e. The third kappa shape index (κ3) is 3.56. The van der Waals surface area contributed by atoms with Crippen LogP contribution in [0.2, 0.25) is 0 Å². The Kier molecular flexibility index (Phi) is 4.35. The molecule has 3 heteroatoms. The molecule has 1 fully saturated rings. The summed E-state index contributed by atoms with van der Waals surface area (Å²) < 4.78 is 10.4. The molecular weight excluding hydrogens is 178 g/mol. The third-order valence-electron chi connectivity index (χ3n) is 2.91. The second-order valence-electron chi connectivity index (χ2n) is 4.90. The van der Waals surface area contributed by atoms with Crippen LogP contribution < -0.4 is 0 Å². The van der Waals surface area contributed by atoms with Gasteiger partial charge in [-0.3, -0.25) is 4.90 Å². The maximum absolute atomic E-state index is 5.21. The second kappa shape index (κ2) is 5.10. The minimum absolute atomic E-state index is 0.0797.